The highest BCUT2D eigenvalue weighted by atomic mass is 16.4. The first-order chi connectivity index (χ1) is 7.21. The van der Waals surface area contributed by atoms with E-state index in [0.717, 1.165) is 6.54 Å². The Balaban J connectivity index is 3.16. The van der Waals surface area contributed by atoms with Gasteiger partial charge in [-0.3, -0.25) is 4.68 Å². The van der Waals surface area contributed by atoms with Gasteiger partial charge in [0.15, 0.2) is 0 Å². The van der Waals surface area contributed by atoms with Gasteiger partial charge in [0.05, 0.1) is 5.69 Å². The molecule has 0 spiro atoms. The van der Waals surface area contributed by atoms with Crippen LogP contribution in [0.25, 0.3) is 0 Å². The molecular formula is C12H20N2O2. The average Bonchev–Trinajstić information content (AvgIpc) is 2.45. The number of carbonyl (C=O) groups is 1. The number of aromatic carboxylic acids is 1. The standard InChI is InChI=1S/C12H20N2O2/c1-8(2)6-14-7-9(11(15)16)10(13-14)12(3,4)5/h7-8H,6H2,1-5H3,(H,15,16). The van der Waals surface area contributed by atoms with E-state index in [0.29, 0.717) is 17.2 Å². The fourth-order valence-electron chi connectivity index (χ4n) is 1.60. The Morgan fingerprint density at radius 2 is 2.06 bits per heavy atom. The largest absolute Gasteiger partial charge is 0.478 e. The normalized spacial score (nSPS) is 12.1. The minimum Gasteiger partial charge on any atom is -0.478 e. The van der Waals surface area contributed by atoms with Crippen LogP contribution in [0.3, 0.4) is 0 Å². The monoisotopic (exact) mass is 224 g/mol. The van der Waals surface area contributed by atoms with Crippen molar-refractivity contribution in [1.82, 2.24) is 9.78 Å². The van der Waals surface area contributed by atoms with Crippen molar-refractivity contribution in [2.24, 2.45) is 5.92 Å². The Morgan fingerprint density at radius 1 is 1.50 bits per heavy atom. The van der Waals surface area contributed by atoms with Gasteiger partial charge in [-0.05, 0) is 5.92 Å². The molecule has 0 aliphatic carbocycles. The van der Waals surface area contributed by atoms with Gasteiger partial charge in [0.1, 0.15) is 5.56 Å². The lowest BCUT2D eigenvalue weighted by molar-refractivity contribution is 0.0694. The molecule has 1 N–H and O–H groups in total. The van der Waals surface area contributed by atoms with Crippen molar-refractivity contribution in [2.75, 3.05) is 0 Å². The molecule has 0 radical (unpaired) electrons. The number of nitrogens with zero attached hydrogens (tertiary/aromatic N) is 2. The zero-order valence-electron chi connectivity index (χ0n) is 10.6. The van der Waals surface area contributed by atoms with Crippen LogP contribution < -0.4 is 0 Å². The summed E-state index contributed by atoms with van der Waals surface area (Å²) in [5.74, 6) is -0.450. The average molecular weight is 224 g/mol. The Morgan fingerprint density at radius 3 is 2.38 bits per heavy atom. The minimum absolute atomic E-state index is 0.240. The van der Waals surface area contributed by atoms with Gasteiger partial charge in [-0.2, -0.15) is 5.10 Å². The van der Waals surface area contributed by atoms with Gasteiger partial charge in [0, 0.05) is 18.2 Å². The molecule has 0 aliphatic heterocycles. The van der Waals surface area contributed by atoms with Crippen LogP contribution in [0.4, 0.5) is 0 Å². The van der Waals surface area contributed by atoms with Gasteiger partial charge >= 0.3 is 5.97 Å². The predicted octanol–water partition coefficient (Wildman–Crippen LogP) is 2.53. The summed E-state index contributed by atoms with van der Waals surface area (Å²) in [5, 5.41) is 13.5. The highest BCUT2D eigenvalue weighted by Gasteiger charge is 2.25. The van der Waals surface area contributed by atoms with E-state index < -0.39 is 5.97 Å². The quantitative estimate of drug-likeness (QED) is 0.858. The molecule has 0 amide bonds. The van der Waals surface area contributed by atoms with Gasteiger partial charge in [-0.25, -0.2) is 4.79 Å². The Labute approximate surface area is 96.3 Å². The van der Waals surface area contributed by atoms with E-state index in [1.54, 1.807) is 10.9 Å². The van der Waals surface area contributed by atoms with Gasteiger partial charge in [-0.1, -0.05) is 34.6 Å². The highest BCUT2D eigenvalue weighted by Crippen LogP contribution is 2.24. The van der Waals surface area contributed by atoms with Crippen molar-refractivity contribution in [2.45, 2.75) is 46.6 Å². The molecule has 0 atom stereocenters. The van der Waals surface area contributed by atoms with Crippen molar-refractivity contribution >= 4 is 5.97 Å². The van der Waals surface area contributed by atoms with Gasteiger partial charge in [0.2, 0.25) is 0 Å². The topological polar surface area (TPSA) is 55.1 Å². The highest BCUT2D eigenvalue weighted by molar-refractivity contribution is 5.89. The molecule has 0 unspecified atom stereocenters. The van der Waals surface area contributed by atoms with Crippen LogP contribution in [0.1, 0.15) is 50.7 Å². The fourth-order valence-corrected chi connectivity index (χ4v) is 1.60. The van der Waals surface area contributed by atoms with Crippen LogP contribution in [-0.4, -0.2) is 20.9 Å². The predicted molar refractivity (Wildman–Crippen MR) is 62.7 cm³/mol. The summed E-state index contributed by atoms with van der Waals surface area (Å²) in [6, 6.07) is 0. The van der Waals surface area contributed by atoms with E-state index in [2.05, 4.69) is 18.9 Å². The molecule has 0 bridgehead atoms. The van der Waals surface area contributed by atoms with Crippen LogP contribution >= 0.6 is 0 Å². The smallest absolute Gasteiger partial charge is 0.339 e. The van der Waals surface area contributed by atoms with Gasteiger partial charge in [-0.15, -0.1) is 0 Å². The second kappa shape index (κ2) is 4.28. The number of rotatable bonds is 3. The minimum atomic E-state index is -0.903. The molecule has 4 nitrogen and oxygen atoms in total. The Hall–Kier alpha value is -1.32. The third kappa shape index (κ3) is 2.84. The first-order valence-corrected chi connectivity index (χ1v) is 5.53. The summed E-state index contributed by atoms with van der Waals surface area (Å²) in [4.78, 5) is 11.1. The number of carboxylic acids is 1. The third-order valence-corrected chi connectivity index (χ3v) is 2.25. The van der Waals surface area contributed by atoms with Gasteiger partial charge < -0.3 is 5.11 Å². The second-order valence-corrected chi connectivity index (χ2v) is 5.56. The van der Waals surface area contributed by atoms with Crippen LogP contribution in [0.2, 0.25) is 0 Å². The molecule has 1 aromatic heterocycles. The molecule has 90 valence electrons. The van der Waals surface area contributed by atoms with E-state index in [4.69, 9.17) is 5.11 Å². The summed E-state index contributed by atoms with van der Waals surface area (Å²) in [6.45, 7) is 10.8. The van der Waals surface area contributed by atoms with Crippen molar-refractivity contribution < 1.29 is 9.90 Å². The molecule has 0 aromatic carbocycles. The third-order valence-electron chi connectivity index (χ3n) is 2.25. The van der Waals surface area contributed by atoms with Gasteiger partial charge in [0.25, 0.3) is 0 Å². The Kier molecular flexibility index (Phi) is 3.41. The summed E-state index contributed by atoms with van der Waals surface area (Å²) in [6.07, 6.45) is 1.63. The molecule has 1 rings (SSSR count). The number of hydrogen-bond acceptors (Lipinski definition) is 2. The van der Waals surface area contributed by atoms with Crippen LogP contribution in [0.15, 0.2) is 6.20 Å². The maximum Gasteiger partial charge on any atom is 0.339 e. The second-order valence-electron chi connectivity index (χ2n) is 5.56. The zero-order chi connectivity index (χ0) is 12.5. The zero-order valence-corrected chi connectivity index (χ0v) is 10.6. The summed E-state index contributed by atoms with van der Waals surface area (Å²) < 4.78 is 1.73. The van der Waals surface area contributed by atoms with E-state index >= 15 is 0 Å². The van der Waals surface area contributed by atoms with Crippen LogP contribution in [-0.2, 0) is 12.0 Å². The SMILES string of the molecule is CC(C)Cn1cc(C(=O)O)c(C(C)(C)C)n1. The first kappa shape index (κ1) is 12.7. The lowest BCUT2D eigenvalue weighted by atomic mass is 9.90. The lowest BCUT2D eigenvalue weighted by Crippen LogP contribution is -2.17. The Bertz CT molecular complexity index is 386. The molecule has 4 heteroatoms. The van der Waals surface area contributed by atoms with Crippen molar-refractivity contribution in [3.63, 3.8) is 0 Å². The van der Waals surface area contributed by atoms with Crippen molar-refractivity contribution in [1.29, 1.82) is 0 Å². The molecule has 0 saturated carbocycles. The number of hydrogen-bond donors (Lipinski definition) is 1. The van der Waals surface area contributed by atoms with E-state index in [9.17, 15) is 4.79 Å². The molecule has 0 fully saturated rings. The molecular weight excluding hydrogens is 204 g/mol. The summed E-state index contributed by atoms with van der Waals surface area (Å²) in [7, 11) is 0. The number of aromatic nitrogens is 2. The molecule has 16 heavy (non-hydrogen) atoms. The number of carboxylic acid groups (broad SMARTS) is 1. The maximum atomic E-state index is 11.1. The molecule has 0 aliphatic rings. The summed E-state index contributed by atoms with van der Waals surface area (Å²) in [5.41, 5.74) is 0.726. The molecule has 0 saturated heterocycles. The van der Waals surface area contributed by atoms with E-state index in [-0.39, 0.29) is 5.41 Å². The lowest BCUT2D eigenvalue weighted by Gasteiger charge is -2.16. The first-order valence-electron chi connectivity index (χ1n) is 5.53. The summed E-state index contributed by atoms with van der Waals surface area (Å²) >= 11 is 0. The van der Waals surface area contributed by atoms with Crippen molar-refractivity contribution in [3.8, 4) is 0 Å². The fraction of sp³-hybridized carbons (Fsp3) is 0.667. The molecule has 1 aromatic rings. The maximum absolute atomic E-state index is 11.1. The van der Waals surface area contributed by atoms with E-state index in [1.807, 2.05) is 20.8 Å². The van der Waals surface area contributed by atoms with Crippen LogP contribution in [0, 0.1) is 5.92 Å². The molecule has 1 heterocycles. The van der Waals surface area contributed by atoms with Crippen molar-refractivity contribution in [3.05, 3.63) is 17.5 Å². The van der Waals surface area contributed by atoms with Crippen LogP contribution in [0.5, 0.6) is 0 Å². The van der Waals surface area contributed by atoms with E-state index in [1.165, 1.54) is 0 Å².